The maximum absolute atomic E-state index is 14.9. The summed E-state index contributed by atoms with van der Waals surface area (Å²) in [5.41, 5.74) is 11.2. The lowest BCUT2D eigenvalue weighted by atomic mass is 9.99. The predicted molar refractivity (Wildman–Crippen MR) is 254 cm³/mol. The number of hydrogen-bond acceptors (Lipinski definition) is 7. The van der Waals surface area contributed by atoms with Gasteiger partial charge in [0.25, 0.3) is 5.91 Å². The summed E-state index contributed by atoms with van der Waals surface area (Å²) in [6.07, 6.45) is 6.14. The molecule has 8 rings (SSSR count). The molecular weight excluding hydrogens is 833 g/mol. The number of carbonyl (C=O) groups is 5. The minimum absolute atomic E-state index is 0.0390. The molecular formula is C51H56N10O5. The second kappa shape index (κ2) is 20.5. The number of H-pyrrole nitrogens is 3. The normalized spacial score (nSPS) is 15.5. The molecule has 0 saturated carbocycles. The Labute approximate surface area is 382 Å². The van der Waals surface area contributed by atoms with E-state index in [0.29, 0.717) is 29.9 Å². The third-order valence-electron chi connectivity index (χ3n) is 12.1. The van der Waals surface area contributed by atoms with Gasteiger partial charge in [0.05, 0.1) is 12.1 Å². The molecule has 15 heteroatoms. The minimum atomic E-state index is -1.19. The van der Waals surface area contributed by atoms with E-state index < -0.39 is 47.8 Å². The zero-order valence-corrected chi connectivity index (χ0v) is 37.0. The van der Waals surface area contributed by atoms with Gasteiger partial charge >= 0.3 is 0 Å². The average Bonchev–Trinajstić information content (AvgIpc) is 4.16. The van der Waals surface area contributed by atoms with Crippen molar-refractivity contribution in [2.45, 2.75) is 82.6 Å². The number of hydrogen-bond donors (Lipinski definition) is 9. The fourth-order valence-corrected chi connectivity index (χ4v) is 8.72. The van der Waals surface area contributed by atoms with Gasteiger partial charge in [-0.3, -0.25) is 24.0 Å². The zero-order valence-electron chi connectivity index (χ0n) is 37.0. The highest BCUT2D eigenvalue weighted by molar-refractivity contribution is 6.02. The molecule has 4 aromatic carbocycles. The van der Waals surface area contributed by atoms with E-state index in [1.165, 1.54) is 0 Å². The molecule has 1 fully saturated rings. The molecule has 1 saturated heterocycles. The molecule has 10 N–H and O–H groups in total. The second-order valence-corrected chi connectivity index (χ2v) is 17.4. The van der Waals surface area contributed by atoms with E-state index in [-0.39, 0.29) is 42.8 Å². The molecule has 0 radical (unpaired) electrons. The lowest BCUT2D eigenvalue weighted by molar-refractivity contribution is -0.132. The van der Waals surface area contributed by atoms with E-state index in [1.807, 2.05) is 129 Å². The lowest BCUT2D eigenvalue weighted by Crippen LogP contribution is -2.57. The molecule has 340 valence electrons. The van der Waals surface area contributed by atoms with Gasteiger partial charge in [0.1, 0.15) is 35.3 Å². The van der Waals surface area contributed by atoms with Crippen molar-refractivity contribution in [2.75, 3.05) is 6.54 Å². The van der Waals surface area contributed by atoms with Gasteiger partial charge in [0, 0.05) is 59.0 Å². The second-order valence-electron chi connectivity index (χ2n) is 17.4. The summed E-state index contributed by atoms with van der Waals surface area (Å²) in [5, 5.41) is 17.1. The number of nitrogens with zero attached hydrogens (tertiary/aromatic N) is 1. The van der Waals surface area contributed by atoms with Crippen LogP contribution in [0.1, 0.15) is 72.2 Å². The molecule has 0 bridgehead atoms. The van der Waals surface area contributed by atoms with E-state index in [4.69, 9.17) is 10.7 Å². The average molecular weight is 889 g/mol. The van der Waals surface area contributed by atoms with Gasteiger partial charge in [0.2, 0.25) is 23.6 Å². The number of fused-ring (bicyclic) bond motifs is 2. The van der Waals surface area contributed by atoms with Crippen molar-refractivity contribution in [3.05, 3.63) is 150 Å². The van der Waals surface area contributed by atoms with Crippen LogP contribution in [0.2, 0.25) is 0 Å². The van der Waals surface area contributed by atoms with Crippen molar-refractivity contribution in [2.24, 2.45) is 11.7 Å². The molecule has 1 aliphatic heterocycles. The highest BCUT2D eigenvalue weighted by atomic mass is 16.2. The Morgan fingerprint density at radius 2 is 1.27 bits per heavy atom. The standard InChI is InChI=1S/C51H56N10O5/c1-30(2)24-42(49(64)56-40(46(52)62)25-31-14-5-3-6-15-31)58-50(65)43(27-34-29-55-38-21-12-10-19-36(34)38)59-51(66)45-44(32-16-7-4-8-17-32)60-47(61-45)41(57-48(63)39-22-13-23-53-39)26-33-28-54-37-20-11-9-18-35(33)37/h3-12,14-21,28-30,39-43,53-55H,13,22-27H2,1-2H3,(H2,52,62)(H,56,64)(H,57,63)(H,58,65)(H,59,66)(H,60,61). The van der Waals surface area contributed by atoms with Crippen LogP contribution >= 0.6 is 0 Å². The molecule has 3 aromatic heterocycles. The first-order valence-electron chi connectivity index (χ1n) is 22.5. The highest BCUT2D eigenvalue weighted by Crippen LogP contribution is 2.29. The van der Waals surface area contributed by atoms with Gasteiger partial charge in [-0.15, -0.1) is 0 Å². The Morgan fingerprint density at radius 1 is 0.682 bits per heavy atom. The Bertz CT molecular complexity index is 2810. The summed E-state index contributed by atoms with van der Waals surface area (Å²) < 4.78 is 0. The summed E-state index contributed by atoms with van der Waals surface area (Å²) >= 11 is 0. The number of aromatic amines is 3. The molecule has 7 aromatic rings. The molecule has 0 spiro atoms. The highest BCUT2D eigenvalue weighted by Gasteiger charge is 2.33. The summed E-state index contributed by atoms with van der Waals surface area (Å²) in [7, 11) is 0. The van der Waals surface area contributed by atoms with E-state index in [0.717, 1.165) is 51.5 Å². The van der Waals surface area contributed by atoms with Crippen LogP contribution in [0.4, 0.5) is 0 Å². The Hall–Kier alpha value is -7.52. The van der Waals surface area contributed by atoms with E-state index in [2.05, 4.69) is 41.5 Å². The van der Waals surface area contributed by atoms with Crippen LogP contribution in [-0.4, -0.2) is 80.2 Å². The minimum Gasteiger partial charge on any atom is -0.368 e. The van der Waals surface area contributed by atoms with Crippen LogP contribution in [0.5, 0.6) is 0 Å². The van der Waals surface area contributed by atoms with E-state index in [9.17, 15) is 24.0 Å². The Morgan fingerprint density at radius 3 is 1.89 bits per heavy atom. The van der Waals surface area contributed by atoms with Crippen LogP contribution in [0.25, 0.3) is 33.1 Å². The fraction of sp³-hybridized carbons (Fsp3) is 0.294. The molecule has 15 nitrogen and oxygen atoms in total. The molecule has 5 atom stereocenters. The van der Waals surface area contributed by atoms with Crippen LogP contribution in [-0.2, 0) is 38.4 Å². The van der Waals surface area contributed by atoms with Crippen molar-refractivity contribution < 1.29 is 24.0 Å². The van der Waals surface area contributed by atoms with E-state index in [1.54, 1.807) is 6.20 Å². The maximum Gasteiger partial charge on any atom is 0.270 e. The number of aromatic nitrogens is 4. The third kappa shape index (κ3) is 10.7. The number of nitrogens with one attached hydrogen (secondary N) is 8. The molecule has 66 heavy (non-hydrogen) atoms. The topological polar surface area (TPSA) is 232 Å². The van der Waals surface area contributed by atoms with Gasteiger partial charge in [0.15, 0.2) is 0 Å². The Kier molecular flexibility index (Phi) is 14.0. The number of imidazole rings is 1. The smallest absolute Gasteiger partial charge is 0.270 e. The van der Waals surface area contributed by atoms with Gasteiger partial charge in [-0.1, -0.05) is 111 Å². The number of amides is 5. The van der Waals surface area contributed by atoms with Gasteiger partial charge in [-0.25, -0.2) is 4.98 Å². The summed E-state index contributed by atoms with van der Waals surface area (Å²) in [5.74, 6) is -2.36. The number of nitrogens with two attached hydrogens (primary N) is 1. The lowest BCUT2D eigenvalue weighted by Gasteiger charge is -2.26. The number of carbonyl (C=O) groups excluding carboxylic acids is 5. The number of rotatable bonds is 19. The first-order valence-corrected chi connectivity index (χ1v) is 22.5. The molecule has 1 aliphatic rings. The molecule has 0 aliphatic carbocycles. The Balaban J connectivity index is 1.12. The van der Waals surface area contributed by atoms with Crippen molar-refractivity contribution in [3.8, 4) is 11.3 Å². The van der Waals surface area contributed by atoms with Crippen molar-refractivity contribution >= 4 is 51.3 Å². The fourth-order valence-electron chi connectivity index (χ4n) is 8.72. The van der Waals surface area contributed by atoms with Crippen LogP contribution in [0.15, 0.2) is 122 Å². The largest absolute Gasteiger partial charge is 0.368 e. The van der Waals surface area contributed by atoms with Crippen LogP contribution in [0.3, 0.4) is 0 Å². The third-order valence-corrected chi connectivity index (χ3v) is 12.1. The summed E-state index contributed by atoms with van der Waals surface area (Å²) in [6, 6.07) is 29.7. The SMILES string of the molecule is CC(C)CC(NC(=O)C(Cc1c[nH]c2ccccc12)NC(=O)c1[nH]c(C(Cc2c[nH]c3ccccc23)NC(=O)C2CCCN2)nc1-c1ccccc1)C(=O)NC(Cc1ccccc1)C(N)=O. The van der Waals surface area contributed by atoms with Gasteiger partial charge < -0.3 is 47.3 Å². The van der Waals surface area contributed by atoms with Crippen molar-refractivity contribution in [1.82, 2.24) is 46.5 Å². The number of benzene rings is 4. The first-order chi connectivity index (χ1) is 32.0. The summed E-state index contributed by atoms with van der Waals surface area (Å²) in [6.45, 7) is 4.59. The maximum atomic E-state index is 14.9. The van der Waals surface area contributed by atoms with Gasteiger partial charge in [-0.2, -0.15) is 0 Å². The molecule has 5 amide bonds. The monoisotopic (exact) mass is 888 g/mol. The number of primary amides is 1. The predicted octanol–water partition coefficient (Wildman–Crippen LogP) is 5.28. The van der Waals surface area contributed by atoms with Crippen LogP contribution < -0.4 is 32.3 Å². The molecule has 5 unspecified atom stereocenters. The zero-order chi connectivity index (χ0) is 46.2. The van der Waals surface area contributed by atoms with Gasteiger partial charge in [-0.05, 0) is 60.5 Å². The van der Waals surface area contributed by atoms with Crippen molar-refractivity contribution in [3.63, 3.8) is 0 Å². The number of para-hydroxylation sites is 2. The van der Waals surface area contributed by atoms with Crippen LogP contribution in [0, 0.1) is 5.92 Å². The van der Waals surface area contributed by atoms with E-state index >= 15 is 0 Å². The molecule has 4 heterocycles. The first kappa shape index (κ1) is 45.1. The van der Waals surface area contributed by atoms with Crippen molar-refractivity contribution in [1.29, 1.82) is 0 Å². The quantitative estimate of drug-likeness (QED) is 0.0521. The summed E-state index contributed by atoms with van der Waals surface area (Å²) in [4.78, 5) is 84.9.